The van der Waals surface area contributed by atoms with Crippen LogP contribution in [0, 0.1) is 0 Å². The summed E-state index contributed by atoms with van der Waals surface area (Å²) in [6.07, 6.45) is 8.37. The Hall–Kier alpha value is -3.48. The van der Waals surface area contributed by atoms with E-state index in [1.807, 2.05) is 35.0 Å². The summed E-state index contributed by atoms with van der Waals surface area (Å²) in [7, 11) is 0. The molecule has 0 atom stereocenters. The lowest BCUT2D eigenvalue weighted by Gasteiger charge is -2.10. The molecule has 1 amide bonds. The van der Waals surface area contributed by atoms with E-state index in [2.05, 4.69) is 15.0 Å². The average Bonchev–Trinajstić information content (AvgIpc) is 3.19. The van der Waals surface area contributed by atoms with Crippen molar-refractivity contribution in [2.75, 3.05) is 0 Å². The van der Waals surface area contributed by atoms with E-state index in [-0.39, 0.29) is 11.7 Å². The number of carbonyl (C=O) groups excluding carboxylic acids is 1. The molecule has 0 fully saturated rings. The number of hydrogen-bond acceptors (Lipinski definition) is 3. The summed E-state index contributed by atoms with van der Waals surface area (Å²) in [6.45, 7) is -1.78. The molecule has 0 saturated heterocycles. The molecule has 0 bridgehead atoms. The van der Waals surface area contributed by atoms with Gasteiger partial charge in [0.15, 0.2) is 0 Å². The molecule has 2 aromatic carbocycles. The summed E-state index contributed by atoms with van der Waals surface area (Å²) in [4.78, 5) is 16.1. The first-order chi connectivity index (χ1) is 13.6. The number of alkyl halides is 2. The summed E-state index contributed by atoms with van der Waals surface area (Å²) in [5.74, 6) is -0.170. The molecule has 144 valence electrons. The fourth-order valence-electron chi connectivity index (χ4n) is 2.63. The normalized spacial score (nSPS) is 11.1. The molecule has 1 heterocycles. The van der Waals surface area contributed by atoms with Crippen molar-refractivity contribution in [3.63, 3.8) is 0 Å². The second-order valence-electron chi connectivity index (χ2n) is 6.00. The van der Waals surface area contributed by atoms with E-state index in [4.69, 9.17) is 0 Å². The number of hydrogen-bond donors (Lipinski definition) is 1. The highest BCUT2D eigenvalue weighted by Crippen LogP contribution is 2.15. The van der Waals surface area contributed by atoms with Gasteiger partial charge in [-0.25, -0.2) is 4.98 Å². The standard InChI is InChI=1S/C21H19F2N3O2/c22-21(23)28-19-8-5-16(6-9-19)7-10-20(27)25-13-17-3-1-2-4-18(17)14-26-12-11-24-15-26/h1-12,15,21H,13-14H2,(H,25,27)/b10-7+. The molecule has 0 radical (unpaired) electrons. The number of nitrogens with zero attached hydrogens (tertiary/aromatic N) is 2. The van der Waals surface area contributed by atoms with Gasteiger partial charge in [-0.1, -0.05) is 36.4 Å². The van der Waals surface area contributed by atoms with Gasteiger partial charge >= 0.3 is 6.61 Å². The van der Waals surface area contributed by atoms with Crippen LogP contribution in [0.25, 0.3) is 6.08 Å². The Morgan fingerprint density at radius 2 is 1.89 bits per heavy atom. The largest absolute Gasteiger partial charge is 0.435 e. The van der Waals surface area contributed by atoms with Crippen molar-refractivity contribution in [3.05, 3.63) is 90.0 Å². The van der Waals surface area contributed by atoms with Crippen LogP contribution in [0.3, 0.4) is 0 Å². The molecule has 0 aliphatic carbocycles. The van der Waals surface area contributed by atoms with E-state index in [9.17, 15) is 13.6 Å². The Kier molecular flexibility index (Phi) is 6.51. The van der Waals surface area contributed by atoms with Crippen molar-refractivity contribution in [1.29, 1.82) is 0 Å². The zero-order valence-electron chi connectivity index (χ0n) is 15.0. The lowest BCUT2D eigenvalue weighted by molar-refractivity contribution is -0.116. The van der Waals surface area contributed by atoms with Crippen molar-refractivity contribution < 1.29 is 18.3 Å². The van der Waals surface area contributed by atoms with E-state index in [1.54, 1.807) is 30.7 Å². The predicted molar refractivity (Wildman–Crippen MR) is 102 cm³/mol. The van der Waals surface area contributed by atoms with Gasteiger partial charge < -0.3 is 14.6 Å². The molecule has 0 aliphatic heterocycles. The van der Waals surface area contributed by atoms with Crippen LogP contribution in [-0.2, 0) is 17.9 Å². The molecule has 0 saturated carbocycles. The van der Waals surface area contributed by atoms with Gasteiger partial charge in [0.25, 0.3) is 0 Å². The number of rotatable bonds is 8. The van der Waals surface area contributed by atoms with Gasteiger partial charge in [-0.2, -0.15) is 8.78 Å². The third kappa shape index (κ3) is 5.77. The van der Waals surface area contributed by atoms with Gasteiger partial charge in [-0.15, -0.1) is 0 Å². The van der Waals surface area contributed by atoms with Crippen LogP contribution in [0.5, 0.6) is 5.75 Å². The quantitative estimate of drug-likeness (QED) is 0.601. The fraction of sp³-hybridized carbons (Fsp3) is 0.143. The highest BCUT2D eigenvalue weighted by Gasteiger charge is 2.05. The molecule has 1 N–H and O–H groups in total. The molecule has 1 aromatic heterocycles. The molecule has 3 rings (SSSR count). The Morgan fingerprint density at radius 3 is 2.57 bits per heavy atom. The van der Waals surface area contributed by atoms with E-state index in [0.29, 0.717) is 18.7 Å². The maximum absolute atomic E-state index is 12.1. The zero-order valence-corrected chi connectivity index (χ0v) is 15.0. The molecule has 28 heavy (non-hydrogen) atoms. The first-order valence-electron chi connectivity index (χ1n) is 8.63. The van der Waals surface area contributed by atoms with Crippen molar-refractivity contribution in [1.82, 2.24) is 14.9 Å². The smallest absolute Gasteiger partial charge is 0.387 e. The number of halogens is 2. The molecule has 0 unspecified atom stereocenters. The molecular weight excluding hydrogens is 364 g/mol. The number of imidazole rings is 1. The summed E-state index contributed by atoms with van der Waals surface area (Å²) in [5, 5.41) is 2.85. The molecule has 7 heteroatoms. The fourth-order valence-corrected chi connectivity index (χ4v) is 2.63. The van der Waals surface area contributed by atoms with Gasteiger partial charge in [0.2, 0.25) is 5.91 Å². The molecule has 5 nitrogen and oxygen atoms in total. The van der Waals surface area contributed by atoms with Crippen LogP contribution < -0.4 is 10.1 Å². The van der Waals surface area contributed by atoms with Crippen LogP contribution >= 0.6 is 0 Å². The Morgan fingerprint density at radius 1 is 1.14 bits per heavy atom. The Balaban J connectivity index is 1.55. The molecule has 0 aliphatic rings. The first-order valence-corrected chi connectivity index (χ1v) is 8.63. The third-order valence-corrected chi connectivity index (χ3v) is 4.02. The summed E-state index contributed by atoms with van der Waals surface area (Å²) in [6, 6.07) is 13.9. The highest BCUT2D eigenvalue weighted by molar-refractivity contribution is 5.91. The second-order valence-corrected chi connectivity index (χ2v) is 6.00. The van der Waals surface area contributed by atoms with E-state index in [1.165, 1.54) is 18.2 Å². The van der Waals surface area contributed by atoms with Crippen molar-refractivity contribution in [2.24, 2.45) is 0 Å². The number of amides is 1. The number of carbonyl (C=O) groups is 1. The Bertz CT molecular complexity index is 923. The molecule has 0 spiro atoms. The topological polar surface area (TPSA) is 56.1 Å². The predicted octanol–water partition coefficient (Wildman–Crippen LogP) is 3.86. The number of benzene rings is 2. The van der Waals surface area contributed by atoms with E-state index in [0.717, 1.165) is 11.1 Å². The minimum atomic E-state index is -2.86. The van der Waals surface area contributed by atoms with Gasteiger partial charge in [0.05, 0.1) is 6.33 Å². The minimum Gasteiger partial charge on any atom is -0.435 e. The number of nitrogens with one attached hydrogen (secondary N) is 1. The van der Waals surface area contributed by atoms with Crippen LogP contribution in [-0.4, -0.2) is 22.1 Å². The summed E-state index contributed by atoms with van der Waals surface area (Å²) in [5.41, 5.74) is 2.82. The third-order valence-electron chi connectivity index (χ3n) is 4.02. The maximum Gasteiger partial charge on any atom is 0.387 e. The minimum absolute atomic E-state index is 0.0751. The number of aromatic nitrogens is 2. The van der Waals surface area contributed by atoms with Gasteiger partial charge in [-0.05, 0) is 34.9 Å². The maximum atomic E-state index is 12.1. The van der Waals surface area contributed by atoms with E-state index >= 15 is 0 Å². The first kappa shape index (κ1) is 19.3. The SMILES string of the molecule is O=C(/C=C/c1ccc(OC(F)F)cc1)NCc1ccccc1Cn1ccnc1. The van der Waals surface area contributed by atoms with Crippen molar-refractivity contribution in [3.8, 4) is 5.75 Å². The Labute approximate surface area is 161 Å². The van der Waals surface area contributed by atoms with Crippen LogP contribution in [0.2, 0.25) is 0 Å². The second kappa shape index (κ2) is 9.45. The van der Waals surface area contributed by atoms with Crippen molar-refractivity contribution >= 4 is 12.0 Å². The lowest BCUT2D eigenvalue weighted by Crippen LogP contribution is -2.21. The number of ether oxygens (including phenoxy) is 1. The zero-order chi connectivity index (χ0) is 19.8. The summed E-state index contributed by atoms with van der Waals surface area (Å²) < 4.78 is 30.5. The molecule has 3 aromatic rings. The highest BCUT2D eigenvalue weighted by atomic mass is 19.3. The van der Waals surface area contributed by atoms with Gasteiger partial charge in [0, 0.05) is 31.6 Å². The van der Waals surface area contributed by atoms with Crippen molar-refractivity contribution in [2.45, 2.75) is 19.7 Å². The van der Waals surface area contributed by atoms with E-state index < -0.39 is 6.61 Å². The lowest BCUT2D eigenvalue weighted by atomic mass is 10.1. The van der Waals surface area contributed by atoms with Crippen LogP contribution in [0.4, 0.5) is 8.78 Å². The van der Waals surface area contributed by atoms with Crippen LogP contribution in [0.15, 0.2) is 73.3 Å². The average molecular weight is 383 g/mol. The van der Waals surface area contributed by atoms with Gasteiger partial charge in [0.1, 0.15) is 5.75 Å². The monoisotopic (exact) mass is 383 g/mol. The van der Waals surface area contributed by atoms with Crippen LogP contribution in [0.1, 0.15) is 16.7 Å². The molecular formula is C21H19F2N3O2. The summed E-state index contributed by atoms with van der Waals surface area (Å²) >= 11 is 0. The van der Waals surface area contributed by atoms with Gasteiger partial charge in [-0.3, -0.25) is 4.79 Å².